The highest BCUT2D eigenvalue weighted by atomic mass is 32.2. The molecule has 1 aromatic heterocycles. The van der Waals surface area contributed by atoms with Crippen molar-refractivity contribution in [2.24, 2.45) is 5.41 Å². The molecule has 11 heteroatoms. The zero-order valence-corrected chi connectivity index (χ0v) is 21.8. The van der Waals surface area contributed by atoms with Crippen LogP contribution in [-0.2, 0) is 19.4 Å². The molecule has 2 N–H and O–H groups in total. The monoisotopic (exact) mass is 549 g/mol. The molecule has 0 aliphatic heterocycles. The number of carbonyl (C=O) groups excluding carboxylic acids is 2. The number of aromatic nitrogens is 1. The van der Waals surface area contributed by atoms with E-state index in [1.54, 1.807) is 30.3 Å². The molecule has 3 aromatic carbocycles. The number of pyridine rings is 1. The Balaban J connectivity index is 1.30. The number of rotatable bonds is 8. The van der Waals surface area contributed by atoms with Gasteiger partial charge in [0, 0.05) is 35.3 Å². The van der Waals surface area contributed by atoms with E-state index in [-0.39, 0.29) is 10.6 Å². The second kappa shape index (κ2) is 9.99. The number of hydrogen-bond acceptors (Lipinski definition) is 7. The number of hydrogen-bond donors (Lipinski definition) is 2. The second-order valence-electron chi connectivity index (χ2n) is 9.23. The lowest BCUT2D eigenvalue weighted by atomic mass is 10.0. The Labute approximate surface area is 223 Å². The van der Waals surface area contributed by atoms with Crippen LogP contribution in [0.1, 0.15) is 12.8 Å². The molecule has 0 atom stereocenters. The smallest absolute Gasteiger partial charge is 0.240 e. The summed E-state index contributed by atoms with van der Waals surface area (Å²) in [6.07, 6.45) is 3.45. The van der Waals surface area contributed by atoms with E-state index in [0.29, 0.717) is 46.6 Å². The topological polar surface area (TPSA) is 124 Å². The van der Waals surface area contributed by atoms with Gasteiger partial charge in [0.25, 0.3) is 0 Å². The number of carbonyl (C=O) groups is 2. The first-order valence-electron chi connectivity index (χ1n) is 11.9. The van der Waals surface area contributed by atoms with E-state index in [1.165, 1.54) is 49.7 Å². The van der Waals surface area contributed by atoms with E-state index < -0.39 is 32.9 Å². The fraction of sp³-hybridized carbons (Fsp3) is 0.179. The molecule has 9 nitrogen and oxygen atoms in total. The summed E-state index contributed by atoms with van der Waals surface area (Å²) in [4.78, 5) is 30.0. The minimum absolute atomic E-state index is 0.0193. The van der Waals surface area contributed by atoms with Crippen LogP contribution in [0.4, 0.5) is 15.8 Å². The summed E-state index contributed by atoms with van der Waals surface area (Å²) in [5, 5.41) is 5.93. The molecule has 4 aromatic rings. The molecule has 1 aliphatic rings. The normalized spacial score (nSPS) is 13.9. The average molecular weight is 550 g/mol. The van der Waals surface area contributed by atoms with Gasteiger partial charge in [-0.2, -0.15) is 0 Å². The summed E-state index contributed by atoms with van der Waals surface area (Å²) in [7, 11) is -2.18. The third-order valence-corrected chi connectivity index (χ3v) is 7.57. The summed E-state index contributed by atoms with van der Waals surface area (Å²) in [5.41, 5.74) is 0.191. The van der Waals surface area contributed by atoms with Gasteiger partial charge in [-0.05, 0) is 73.5 Å². The van der Waals surface area contributed by atoms with E-state index >= 15 is 0 Å². The molecule has 0 saturated heterocycles. The van der Waals surface area contributed by atoms with Crippen LogP contribution in [0.2, 0.25) is 0 Å². The summed E-state index contributed by atoms with van der Waals surface area (Å²) >= 11 is 0. The molecule has 1 aliphatic carbocycles. The maximum Gasteiger partial charge on any atom is 0.240 e. The molecule has 0 spiro atoms. The predicted octanol–water partition coefficient (Wildman–Crippen LogP) is 4.94. The number of methoxy groups -OCH3 is 1. The molecule has 200 valence electrons. The molecule has 1 fully saturated rings. The predicted molar refractivity (Wildman–Crippen MR) is 143 cm³/mol. The molecule has 2 amide bonds. The number of benzene rings is 3. The van der Waals surface area contributed by atoms with Crippen molar-refractivity contribution in [3.8, 4) is 17.2 Å². The molecule has 1 saturated carbocycles. The van der Waals surface area contributed by atoms with E-state index in [0.717, 1.165) is 6.26 Å². The van der Waals surface area contributed by atoms with Gasteiger partial charge in [0.15, 0.2) is 9.84 Å². The number of nitrogens with zero attached hydrogens (tertiary/aromatic N) is 1. The van der Waals surface area contributed by atoms with Gasteiger partial charge in [-0.1, -0.05) is 0 Å². The fourth-order valence-electron chi connectivity index (χ4n) is 4.12. The molecular weight excluding hydrogens is 525 g/mol. The summed E-state index contributed by atoms with van der Waals surface area (Å²) < 4.78 is 48.9. The Morgan fingerprint density at radius 1 is 0.897 bits per heavy atom. The Morgan fingerprint density at radius 2 is 1.49 bits per heavy atom. The van der Waals surface area contributed by atoms with Crippen LogP contribution >= 0.6 is 0 Å². The van der Waals surface area contributed by atoms with E-state index in [1.807, 2.05) is 0 Å². The SMILES string of the molecule is COc1cc2nccc(Oc3ccc(NC(=O)C4(C(=O)Nc5ccc(F)cc5)CC4)cc3)c2cc1S(C)(=O)=O. The molecule has 0 bridgehead atoms. The molecule has 1 heterocycles. The van der Waals surface area contributed by atoms with Gasteiger partial charge in [-0.25, -0.2) is 12.8 Å². The quantitative estimate of drug-likeness (QED) is 0.299. The van der Waals surface area contributed by atoms with Crippen LogP contribution in [0.5, 0.6) is 17.2 Å². The van der Waals surface area contributed by atoms with Crippen molar-refractivity contribution in [2.75, 3.05) is 24.0 Å². The minimum Gasteiger partial charge on any atom is -0.495 e. The number of fused-ring (bicyclic) bond motifs is 1. The molecule has 0 unspecified atom stereocenters. The fourth-order valence-corrected chi connectivity index (χ4v) is 4.96. The largest absolute Gasteiger partial charge is 0.495 e. The van der Waals surface area contributed by atoms with E-state index in [4.69, 9.17) is 9.47 Å². The summed E-state index contributed by atoms with van der Waals surface area (Å²) in [5.74, 6) is -0.282. The average Bonchev–Trinajstić information content (AvgIpc) is 3.72. The van der Waals surface area contributed by atoms with E-state index in [2.05, 4.69) is 15.6 Å². The highest BCUT2D eigenvalue weighted by Crippen LogP contribution is 2.47. The van der Waals surface area contributed by atoms with Crippen molar-refractivity contribution < 1.29 is 31.9 Å². The van der Waals surface area contributed by atoms with Crippen LogP contribution in [0.15, 0.2) is 77.8 Å². The first-order valence-corrected chi connectivity index (χ1v) is 13.8. The van der Waals surface area contributed by atoms with Crippen LogP contribution in [0.25, 0.3) is 10.9 Å². The molecular formula is C28H24FN3O6S. The van der Waals surface area contributed by atoms with Gasteiger partial charge in [-0.15, -0.1) is 0 Å². The summed E-state index contributed by atoms with van der Waals surface area (Å²) in [6.45, 7) is 0. The van der Waals surface area contributed by atoms with Gasteiger partial charge in [0.1, 0.15) is 33.4 Å². The van der Waals surface area contributed by atoms with Crippen LogP contribution in [-0.4, -0.2) is 38.6 Å². The number of anilines is 2. The Bertz CT molecular complexity index is 1690. The standard InChI is InChI=1S/C28H24FN3O6S/c1-37-24-16-22-21(15-25(24)39(2,35)36)23(11-14-30-22)38-20-9-7-19(8-10-20)32-27(34)28(12-13-28)26(33)31-18-5-3-17(29)4-6-18/h3-11,14-16H,12-13H2,1-2H3,(H,31,33)(H,32,34). The van der Waals surface area contributed by atoms with Gasteiger partial charge in [0.2, 0.25) is 11.8 Å². The summed E-state index contributed by atoms with van der Waals surface area (Å²) in [6, 6.07) is 16.5. The third-order valence-electron chi connectivity index (χ3n) is 6.45. The Kier molecular flexibility index (Phi) is 6.69. The first-order chi connectivity index (χ1) is 18.6. The van der Waals surface area contributed by atoms with Crippen LogP contribution < -0.4 is 20.1 Å². The third kappa shape index (κ3) is 5.39. The number of amides is 2. The Hall–Kier alpha value is -4.51. The van der Waals surface area contributed by atoms with Gasteiger partial charge in [-0.3, -0.25) is 14.6 Å². The van der Waals surface area contributed by atoms with Crippen LogP contribution in [0, 0.1) is 11.2 Å². The number of nitrogens with one attached hydrogen (secondary N) is 2. The number of sulfone groups is 1. The Morgan fingerprint density at radius 3 is 2.03 bits per heavy atom. The van der Waals surface area contributed by atoms with Crippen molar-refractivity contribution in [1.29, 1.82) is 0 Å². The van der Waals surface area contributed by atoms with Crippen molar-refractivity contribution >= 4 is 43.9 Å². The maximum absolute atomic E-state index is 13.1. The van der Waals surface area contributed by atoms with Crippen molar-refractivity contribution in [1.82, 2.24) is 4.98 Å². The van der Waals surface area contributed by atoms with Crippen LogP contribution in [0.3, 0.4) is 0 Å². The lowest BCUT2D eigenvalue weighted by molar-refractivity contribution is -0.131. The highest BCUT2D eigenvalue weighted by molar-refractivity contribution is 7.90. The second-order valence-corrected chi connectivity index (χ2v) is 11.2. The van der Waals surface area contributed by atoms with Crippen molar-refractivity contribution in [3.05, 3.63) is 78.7 Å². The zero-order chi connectivity index (χ0) is 27.8. The molecule has 39 heavy (non-hydrogen) atoms. The van der Waals surface area contributed by atoms with E-state index in [9.17, 15) is 22.4 Å². The van der Waals surface area contributed by atoms with Gasteiger partial charge in [0.05, 0.1) is 12.6 Å². The van der Waals surface area contributed by atoms with Crippen molar-refractivity contribution in [2.45, 2.75) is 17.7 Å². The van der Waals surface area contributed by atoms with Crippen molar-refractivity contribution in [3.63, 3.8) is 0 Å². The zero-order valence-electron chi connectivity index (χ0n) is 21.0. The van der Waals surface area contributed by atoms with Gasteiger partial charge < -0.3 is 20.1 Å². The number of halogens is 1. The maximum atomic E-state index is 13.1. The molecule has 0 radical (unpaired) electrons. The van der Waals surface area contributed by atoms with Gasteiger partial charge >= 0.3 is 0 Å². The highest BCUT2D eigenvalue weighted by Gasteiger charge is 2.56. The minimum atomic E-state index is -3.57. The lowest BCUT2D eigenvalue weighted by Gasteiger charge is -2.16. The molecule has 5 rings (SSSR count). The lowest BCUT2D eigenvalue weighted by Crippen LogP contribution is -2.35. The first kappa shape index (κ1) is 26.1. The number of ether oxygens (including phenoxy) is 2.